The minimum absolute atomic E-state index is 0.0432. The lowest BCUT2D eigenvalue weighted by atomic mass is 10.1. The molecule has 260 valence electrons. The molecule has 46 heavy (non-hydrogen) atoms. The molecule has 2 atom stereocenters. The van der Waals surface area contributed by atoms with Crippen LogP contribution in [0.1, 0.15) is 68.1 Å². The van der Waals surface area contributed by atoms with Gasteiger partial charge in [0.15, 0.2) is 12.5 Å². The highest BCUT2D eigenvalue weighted by Gasteiger charge is 2.20. The molecule has 6 N–H and O–H groups in total. The molecule has 0 aromatic heterocycles. The number of unbranched alkanes of at least 4 members (excludes halogenated alkanes) is 5. The molecule has 15 nitrogen and oxygen atoms in total. The minimum Gasteiger partial charge on any atom is -0.494 e. The normalized spacial score (nSPS) is 12.2. The molecule has 0 heterocycles. The Morgan fingerprint density at radius 1 is 0.761 bits per heavy atom. The highest BCUT2D eigenvalue weighted by molar-refractivity contribution is 5.87. The number of nitrogens with one attached hydrogen (secondary N) is 3. The molecule has 0 aliphatic carbocycles. The topological polar surface area (TPSA) is 219 Å². The summed E-state index contributed by atoms with van der Waals surface area (Å²) in [5.74, 6) is -2.29. The average Bonchev–Trinajstić information content (AvgIpc) is 3.04. The second kappa shape index (κ2) is 26.6. The van der Waals surface area contributed by atoms with Crippen LogP contribution in [0.3, 0.4) is 0 Å². The van der Waals surface area contributed by atoms with Crippen molar-refractivity contribution in [3.8, 4) is 5.75 Å². The van der Waals surface area contributed by atoms with Gasteiger partial charge in [-0.1, -0.05) is 25.7 Å². The first-order valence-electron chi connectivity index (χ1n) is 15.6. The molecule has 1 aromatic carbocycles. The summed E-state index contributed by atoms with van der Waals surface area (Å²) in [6.45, 7) is 2.10. The number of carboxylic acids is 2. The second-order valence-electron chi connectivity index (χ2n) is 10.2. The van der Waals surface area contributed by atoms with Gasteiger partial charge in [0.1, 0.15) is 11.8 Å². The molecule has 0 saturated heterocycles. The summed E-state index contributed by atoms with van der Waals surface area (Å²) in [7, 11) is 0. The van der Waals surface area contributed by atoms with Crippen LogP contribution >= 0.6 is 0 Å². The van der Waals surface area contributed by atoms with E-state index in [0.717, 1.165) is 32.1 Å². The molecule has 2 amide bonds. The number of amides is 2. The summed E-state index contributed by atoms with van der Waals surface area (Å²) < 4.78 is 21.3. The molecule has 15 heteroatoms. The number of aliphatic hydroxyl groups excluding tert-OH is 1. The second-order valence-corrected chi connectivity index (χ2v) is 10.2. The molecule has 0 saturated carbocycles. The van der Waals surface area contributed by atoms with Crippen molar-refractivity contribution in [1.82, 2.24) is 16.0 Å². The van der Waals surface area contributed by atoms with E-state index in [1.165, 1.54) is 12.1 Å². The number of hydrogen-bond acceptors (Lipinski definition) is 11. The van der Waals surface area contributed by atoms with E-state index in [1.54, 1.807) is 12.1 Å². The predicted octanol–water partition coefficient (Wildman–Crippen LogP) is 1.12. The van der Waals surface area contributed by atoms with Crippen LogP contribution in [0.4, 0.5) is 0 Å². The zero-order valence-corrected chi connectivity index (χ0v) is 26.3. The number of ether oxygens (including phenoxy) is 4. The van der Waals surface area contributed by atoms with Crippen LogP contribution < -0.4 is 20.7 Å². The summed E-state index contributed by atoms with van der Waals surface area (Å²) in [5, 5.41) is 34.9. The van der Waals surface area contributed by atoms with Gasteiger partial charge in [-0.05, 0) is 43.5 Å². The lowest BCUT2D eigenvalue weighted by Gasteiger charge is -2.15. The van der Waals surface area contributed by atoms with Gasteiger partial charge in [0.2, 0.25) is 11.8 Å². The van der Waals surface area contributed by atoms with E-state index in [4.69, 9.17) is 29.2 Å². The smallest absolute Gasteiger partial charge is 0.335 e. The summed E-state index contributed by atoms with van der Waals surface area (Å²) in [4.78, 5) is 57.7. The fourth-order valence-electron chi connectivity index (χ4n) is 4.05. The van der Waals surface area contributed by atoms with E-state index >= 15 is 0 Å². The number of carboxylic acid groups (broad SMARTS) is 2. The van der Waals surface area contributed by atoms with Crippen molar-refractivity contribution in [3.63, 3.8) is 0 Å². The molecular formula is C31H49N3O12. The molecule has 1 unspecified atom stereocenters. The minimum atomic E-state index is -1.20. The van der Waals surface area contributed by atoms with Crippen molar-refractivity contribution in [1.29, 1.82) is 0 Å². The van der Waals surface area contributed by atoms with Crippen LogP contribution in [0.15, 0.2) is 24.3 Å². The summed E-state index contributed by atoms with van der Waals surface area (Å²) in [6, 6.07) is 5.10. The fourth-order valence-corrected chi connectivity index (χ4v) is 4.05. The molecule has 0 fully saturated rings. The summed E-state index contributed by atoms with van der Waals surface area (Å²) in [6.07, 6.45) is 5.03. The maximum Gasteiger partial charge on any atom is 0.335 e. The molecule has 0 radical (unpaired) electrons. The van der Waals surface area contributed by atoms with Crippen molar-refractivity contribution in [2.75, 3.05) is 59.3 Å². The van der Waals surface area contributed by atoms with Gasteiger partial charge in [0.05, 0.1) is 51.8 Å². The Morgan fingerprint density at radius 3 is 2.11 bits per heavy atom. The van der Waals surface area contributed by atoms with E-state index in [9.17, 15) is 29.1 Å². The first kappa shape index (κ1) is 40.4. The zero-order valence-electron chi connectivity index (χ0n) is 26.3. The highest BCUT2D eigenvalue weighted by atomic mass is 16.5. The SMILES string of the molecule is O=CC(NCCOCCO)OCCOCCNC(=O)CC[C@H](NC(=O)CCCCCCCCOc1ccc(C(=O)O)cc1)C(=O)O. The number of aldehydes is 1. The third-order valence-corrected chi connectivity index (χ3v) is 6.51. The molecule has 0 aliphatic rings. The number of aromatic carboxylic acids is 1. The van der Waals surface area contributed by atoms with E-state index in [0.29, 0.717) is 38.2 Å². The van der Waals surface area contributed by atoms with Crippen LogP contribution in [0, 0.1) is 0 Å². The average molecular weight is 656 g/mol. The van der Waals surface area contributed by atoms with Crippen molar-refractivity contribution >= 4 is 30.0 Å². The first-order valence-corrected chi connectivity index (χ1v) is 15.6. The predicted molar refractivity (Wildman–Crippen MR) is 166 cm³/mol. The van der Waals surface area contributed by atoms with Gasteiger partial charge in [-0.2, -0.15) is 0 Å². The van der Waals surface area contributed by atoms with Gasteiger partial charge in [-0.3, -0.25) is 19.7 Å². The zero-order chi connectivity index (χ0) is 33.8. The number of aliphatic hydroxyl groups is 1. The van der Waals surface area contributed by atoms with E-state index in [-0.39, 0.29) is 76.2 Å². The Morgan fingerprint density at radius 2 is 1.43 bits per heavy atom. The Balaban J connectivity index is 2.05. The van der Waals surface area contributed by atoms with Gasteiger partial charge in [-0.15, -0.1) is 0 Å². The van der Waals surface area contributed by atoms with Gasteiger partial charge < -0.3 is 44.9 Å². The maximum absolute atomic E-state index is 12.2. The van der Waals surface area contributed by atoms with E-state index in [1.807, 2.05) is 0 Å². The number of benzene rings is 1. The lowest BCUT2D eigenvalue weighted by Crippen LogP contribution is -2.41. The number of aliphatic carboxylic acids is 1. The van der Waals surface area contributed by atoms with Gasteiger partial charge in [-0.25, -0.2) is 9.59 Å². The molecule has 0 spiro atoms. The Bertz CT molecular complexity index is 1010. The standard InChI is InChI=1S/C31H49N3O12/c35-16-20-43-19-15-33-29(23-36)46-22-21-44-18-14-32-27(37)13-12-26(31(41)42)34-28(38)7-5-3-1-2-4-6-17-45-25-10-8-24(9-11-25)30(39)40/h8-11,23,26,29,33,35H,1-7,12-22H2,(H,32,37)(H,34,38)(H,39,40)(H,41,42)/t26-,29?/m0/s1. The molecule has 0 aliphatic heterocycles. The van der Waals surface area contributed by atoms with Crippen LogP contribution in [-0.4, -0.2) is 117 Å². The number of hydrogen-bond donors (Lipinski definition) is 6. The van der Waals surface area contributed by atoms with E-state index in [2.05, 4.69) is 16.0 Å². The number of rotatable bonds is 30. The summed E-state index contributed by atoms with van der Waals surface area (Å²) in [5.41, 5.74) is 0.209. The van der Waals surface area contributed by atoms with Crippen LogP contribution in [0.2, 0.25) is 0 Å². The van der Waals surface area contributed by atoms with Gasteiger partial charge in [0.25, 0.3) is 0 Å². The van der Waals surface area contributed by atoms with Crippen molar-refractivity contribution in [2.45, 2.75) is 70.1 Å². The van der Waals surface area contributed by atoms with Crippen LogP contribution in [0.5, 0.6) is 5.75 Å². The molecule has 1 rings (SSSR count). The number of carbonyl (C=O) groups is 5. The van der Waals surface area contributed by atoms with Crippen molar-refractivity contribution in [3.05, 3.63) is 29.8 Å². The van der Waals surface area contributed by atoms with Crippen LogP contribution in [0.25, 0.3) is 0 Å². The van der Waals surface area contributed by atoms with Crippen molar-refractivity contribution < 1.29 is 58.2 Å². The molecule has 0 bridgehead atoms. The largest absolute Gasteiger partial charge is 0.494 e. The third-order valence-electron chi connectivity index (χ3n) is 6.51. The fraction of sp³-hybridized carbons (Fsp3) is 0.645. The Hall–Kier alpha value is -3.63. The lowest BCUT2D eigenvalue weighted by molar-refractivity contribution is -0.142. The van der Waals surface area contributed by atoms with Crippen molar-refractivity contribution in [2.24, 2.45) is 0 Å². The van der Waals surface area contributed by atoms with Gasteiger partial charge in [0, 0.05) is 25.9 Å². The summed E-state index contributed by atoms with van der Waals surface area (Å²) >= 11 is 0. The monoisotopic (exact) mass is 655 g/mol. The Labute approximate surface area is 269 Å². The third kappa shape index (κ3) is 21.2. The Kier molecular flexibility index (Phi) is 23.3. The maximum atomic E-state index is 12.2. The van der Waals surface area contributed by atoms with E-state index < -0.39 is 24.2 Å². The highest BCUT2D eigenvalue weighted by Crippen LogP contribution is 2.14. The number of carbonyl (C=O) groups excluding carboxylic acids is 3. The first-order chi connectivity index (χ1) is 22.3. The van der Waals surface area contributed by atoms with Gasteiger partial charge >= 0.3 is 11.9 Å². The van der Waals surface area contributed by atoms with Crippen LogP contribution in [-0.2, 0) is 33.4 Å². The molecular weight excluding hydrogens is 606 g/mol. The quantitative estimate of drug-likeness (QED) is 0.0389. The molecule has 1 aromatic rings.